The second-order valence-corrected chi connectivity index (χ2v) is 11.4. The first kappa shape index (κ1) is 22.6. The van der Waals surface area contributed by atoms with Gasteiger partial charge in [-0.3, -0.25) is 0 Å². The van der Waals surface area contributed by atoms with Crippen molar-refractivity contribution in [3.63, 3.8) is 0 Å². The molecule has 4 heteroatoms. The summed E-state index contributed by atoms with van der Waals surface area (Å²) in [7, 11) is 0. The fourth-order valence-electron chi connectivity index (χ4n) is 6.39. The van der Waals surface area contributed by atoms with Crippen molar-refractivity contribution in [2.75, 3.05) is 0 Å². The summed E-state index contributed by atoms with van der Waals surface area (Å²) in [5.41, 5.74) is 10.8. The van der Waals surface area contributed by atoms with Crippen LogP contribution in [-0.2, 0) is 0 Å². The molecule has 4 heterocycles. The molecule has 0 aliphatic rings. The van der Waals surface area contributed by atoms with Crippen molar-refractivity contribution in [2.24, 2.45) is 0 Å². The Kier molecular flexibility index (Phi) is 4.77. The largest absolute Gasteiger partial charge is 0.309 e. The molecule has 0 fully saturated rings. The summed E-state index contributed by atoms with van der Waals surface area (Å²) in [6.07, 6.45) is 1.89. The molecule has 192 valence electrons. The molecule has 41 heavy (non-hydrogen) atoms. The van der Waals surface area contributed by atoms with E-state index < -0.39 is 0 Å². The van der Waals surface area contributed by atoms with Crippen molar-refractivity contribution in [3.05, 3.63) is 139 Å². The van der Waals surface area contributed by atoms with Crippen molar-refractivity contribution in [3.8, 4) is 27.9 Å². The molecule has 9 rings (SSSR count). The molecule has 0 atom stereocenters. The van der Waals surface area contributed by atoms with Crippen LogP contribution < -0.4 is 0 Å². The zero-order chi connectivity index (χ0) is 26.9. The van der Waals surface area contributed by atoms with Gasteiger partial charge in [-0.25, -0.2) is 4.52 Å². The van der Waals surface area contributed by atoms with Gasteiger partial charge in [0.2, 0.25) is 0 Å². The van der Waals surface area contributed by atoms with E-state index in [0.29, 0.717) is 0 Å². The summed E-state index contributed by atoms with van der Waals surface area (Å²) in [4.78, 5) is 0. The van der Waals surface area contributed by atoms with Crippen LogP contribution in [0.3, 0.4) is 0 Å². The lowest BCUT2D eigenvalue weighted by Crippen LogP contribution is -1.92. The first-order valence-electron chi connectivity index (χ1n) is 13.8. The Hall–Kier alpha value is -5.19. The Labute approximate surface area is 240 Å². The van der Waals surface area contributed by atoms with Crippen molar-refractivity contribution in [1.29, 1.82) is 0 Å². The minimum atomic E-state index is 1.15. The number of para-hydroxylation sites is 2. The fourth-order valence-corrected chi connectivity index (χ4v) is 7.30. The molecule has 3 nitrogen and oxygen atoms in total. The molecule has 0 aliphatic heterocycles. The summed E-state index contributed by atoms with van der Waals surface area (Å²) in [5.74, 6) is 0. The van der Waals surface area contributed by atoms with Crippen molar-refractivity contribution >= 4 is 59.6 Å². The fraction of sp³-hybridized carbons (Fsp3) is 0. The highest BCUT2D eigenvalue weighted by atomic mass is 32.1. The van der Waals surface area contributed by atoms with Gasteiger partial charge < -0.3 is 4.57 Å². The zero-order valence-corrected chi connectivity index (χ0v) is 22.8. The molecule has 4 aromatic heterocycles. The molecule has 0 unspecified atom stereocenters. The monoisotopic (exact) mass is 541 g/mol. The van der Waals surface area contributed by atoms with Crippen molar-refractivity contribution in [2.45, 2.75) is 0 Å². The number of rotatable bonds is 3. The maximum Gasteiger partial charge on any atom is 0.0839 e. The molecular formula is C37H23N3S. The van der Waals surface area contributed by atoms with E-state index in [1.807, 2.05) is 6.20 Å². The Morgan fingerprint density at radius 2 is 1.17 bits per heavy atom. The summed E-state index contributed by atoms with van der Waals surface area (Å²) < 4.78 is 5.69. The summed E-state index contributed by atoms with van der Waals surface area (Å²) in [6, 6.07) is 46.2. The summed E-state index contributed by atoms with van der Waals surface area (Å²) in [6.45, 7) is 0. The van der Waals surface area contributed by atoms with Gasteiger partial charge in [-0.1, -0.05) is 72.8 Å². The predicted octanol–water partition coefficient (Wildman–Crippen LogP) is 10.1. The molecule has 0 bridgehead atoms. The topological polar surface area (TPSA) is 22.2 Å². The van der Waals surface area contributed by atoms with E-state index in [0.717, 1.165) is 11.0 Å². The van der Waals surface area contributed by atoms with E-state index in [2.05, 4.69) is 147 Å². The second-order valence-electron chi connectivity index (χ2n) is 10.5. The third-order valence-corrected chi connectivity index (χ3v) is 9.21. The van der Waals surface area contributed by atoms with Gasteiger partial charge in [-0.05, 0) is 82.2 Å². The Morgan fingerprint density at radius 1 is 0.463 bits per heavy atom. The molecule has 0 spiro atoms. The SMILES string of the molecule is c1ccc(-n2c3ccccc3c3cc(-c4cccc(-c5ccc6c(c5)c5sccc5n5nccc65)c4)ccc32)cc1. The van der Waals surface area contributed by atoms with E-state index in [4.69, 9.17) is 0 Å². The lowest BCUT2D eigenvalue weighted by Gasteiger charge is -2.10. The van der Waals surface area contributed by atoms with Crippen LogP contribution >= 0.6 is 11.3 Å². The van der Waals surface area contributed by atoms with Crippen molar-refractivity contribution < 1.29 is 0 Å². The normalized spacial score (nSPS) is 11.9. The number of nitrogens with zero attached hydrogens (tertiary/aromatic N) is 3. The van der Waals surface area contributed by atoms with Gasteiger partial charge in [0.1, 0.15) is 0 Å². The zero-order valence-electron chi connectivity index (χ0n) is 22.0. The Balaban J connectivity index is 1.20. The van der Waals surface area contributed by atoms with Crippen molar-refractivity contribution in [1.82, 2.24) is 14.2 Å². The predicted molar refractivity (Wildman–Crippen MR) is 173 cm³/mol. The average Bonchev–Trinajstić information content (AvgIpc) is 3.79. The first-order chi connectivity index (χ1) is 20.3. The van der Waals surface area contributed by atoms with Gasteiger partial charge in [0.25, 0.3) is 0 Å². The Morgan fingerprint density at radius 3 is 2.05 bits per heavy atom. The molecule has 9 aromatic rings. The highest BCUT2D eigenvalue weighted by Crippen LogP contribution is 2.38. The van der Waals surface area contributed by atoms with Crippen LogP contribution in [0.4, 0.5) is 0 Å². The number of fused-ring (bicyclic) bond motifs is 9. The van der Waals surface area contributed by atoms with E-state index in [1.54, 1.807) is 11.3 Å². The summed E-state index contributed by atoms with van der Waals surface area (Å²) >= 11 is 1.78. The number of pyridine rings is 1. The molecule has 0 amide bonds. The maximum absolute atomic E-state index is 4.58. The number of aromatic nitrogens is 3. The van der Waals surface area contributed by atoms with Gasteiger partial charge in [0.15, 0.2) is 0 Å². The van der Waals surface area contributed by atoms with Crippen LogP contribution in [0.1, 0.15) is 0 Å². The minimum Gasteiger partial charge on any atom is -0.309 e. The van der Waals surface area contributed by atoms with E-state index in [1.165, 1.54) is 65.2 Å². The molecule has 0 saturated carbocycles. The van der Waals surface area contributed by atoms with E-state index in [-0.39, 0.29) is 0 Å². The third-order valence-electron chi connectivity index (χ3n) is 8.27. The third kappa shape index (κ3) is 3.35. The summed E-state index contributed by atoms with van der Waals surface area (Å²) in [5, 5.41) is 11.8. The molecule has 0 saturated heterocycles. The number of hydrogen-bond acceptors (Lipinski definition) is 2. The maximum atomic E-state index is 4.58. The van der Waals surface area contributed by atoms with Crippen LogP contribution in [0.15, 0.2) is 139 Å². The van der Waals surface area contributed by atoms with Gasteiger partial charge in [0.05, 0.1) is 33.0 Å². The minimum absolute atomic E-state index is 1.15. The first-order valence-corrected chi connectivity index (χ1v) is 14.7. The second kappa shape index (κ2) is 8.65. The molecule has 0 radical (unpaired) electrons. The van der Waals surface area contributed by atoms with Crippen LogP contribution in [-0.4, -0.2) is 14.2 Å². The van der Waals surface area contributed by atoms with E-state index >= 15 is 0 Å². The number of benzene rings is 5. The lowest BCUT2D eigenvalue weighted by atomic mass is 9.96. The Bertz CT molecular complexity index is 2420. The average molecular weight is 542 g/mol. The van der Waals surface area contributed by atoms with E-state index in [9.17, 15) is 0 Å². The van der Waals surface area contributed by atoms with Gasteiger partial charge in [0, 0.05) is 27.2 Å². The highest BCUT2D eigenvalue weighted by Gasteiger charge is 2.14. The molecular weight excluding hydrogens is 518 g/mol. The van der Waals surface area contributed by atoms with Gasteiger partial charge in [-0.15, -0.1) is 11.3 Å². The van der Waals surface area contributed by atoms with Crippen LogP contribution in [0.25, 0.3) is 76.3 Å². The van der Waals surface area contributed by atoms with Crippen LogP contribution in [0, 0.1) is 0 Å². The van der Waals surface area contributed by atoms with Gasteiger partial charge >= 0.3 is 0 Å². The van der Waals surface area contributed by atoms with Crippen LogP contribution in [0.2, 0.25) is 0 Å². The standard InChI is InChI=1S/C37H23N3S/c1-2-9-28(10-3-1)39-33-12-5-4-11-29(33)31-22-27(14-16-34(31)39)25-8-6-7-24(21-25)26-13-15-30-32(23-26)37-36(18-20-41-37)40-35(30)17-19-38-40/h1-23H. The lowest BCUT2D eigenvalue weighted by molar-refractivity contribution is 1.01. The van der Waals surface area contributed by atoms with Gasteiger partial charge in [-0.2, -0.15) is 5.10 Å². The van der Waals surface area contributed by atoms with Crippen LogP contribution in [0.5, 0.6) is 0 Å². The number of thiophene rings is 1. The molecule has 5 aromatic carbocycles. The quantitative estimate of drug-likeness (QED) is 0.218. The molecule has 0 N–H and O–H groups in total. The number of hydrogen-bond donors (Lipinski definition) is 0. The highest BCUT2D eigenvalue weighted by molar-refractivity contribution is 7.18. The molecule has 0 aliphatic carbocycles. The smallest absolute Gasteiger partial charge is 0.0839 e.